The fraction of sp³-hybridized carbons (Fsp3) is 0.165. The van der Waals surface area contributed by atoms with Crippen LogP contribution in [0.25, 0.3) is 10.6 Å². The summed E-state index contributed by atoms with van der Waals surface area (Å²) < 4.78 is 316. The van der Waals surface area contributed by atoms with Crippen molar-refractivity contribution >= 4 is 114 Å². The SMILES string of the molecule is CCCCN=C1[B-](c2c(F)c(F)c(F)c(F)c2F)(c2c(F)c(F)c(F)c(F)c2F)C(C)=C(c2ccc(C)cc2)[P+]1(c1ccccc1)c1ccccc1.CCCCN=C1[B-](c2c(F)c(F)c(F)c(F)c2F)(c2c(F)c(F)c(F)c(F)c2F)C(C)=C(c2ccc(C)cc2)[P+]1(c1ccccc1)c1ccccc1.ClCCl. The molecular weight excluding hydrogens is 1510 g/mol. The smallest absolute Gasteiger partial charge is 0.200 e. The number of alkyl halides is 2. The average molecular weight is 1570 g/mol. The number of benzene rings is 10. The lowest BCUT2D eigenvalue weighted by molar-refractivity contribution is 0.382. The van der Waals surface area contributed by atoms with Gasteiger partial charge in [-0.1, -0.05) is 173 Å². The van der Waals surface area contributed by atoms with Crippen molar-refractivity contribution < 1.29 is 87.8 Å². The summed E-state index contributed by atoms with van der Waals surface area (Å²) in [6.45, 7) is 9.05. The Morgan fingerprint density at radius 1 is 0.280 bits per heavy atom. The van der Waals surface area contributed by atoms with E-state index in [-0.39, 0.29) is 52.8 Å². The molecule has 0 radical (unpaired) electrons. The van der Waals surface area contributed by atoms with Gasteiger partial charge in [-0.25, -0.2) is 87.8 Å². The molecule has 2 aliphatic rings. The molecule has 0 saturated carbocycles. The van der Waals surface area contributed by atoms with Gasteiger partial charge >= 0.3 is 0 Å². The lowest BCUT2D eigenvalue weighted by Gasteiger charge is -2.41. The second kappa shape index (κ2) is 32.6. The molecule has 12 rings (SSSR count). The first-order chi connectivity index (χ1) is 51.0. The first kappa shape index (κ1) is 80.7. The third-order valence-electron chi connectivity index (χ3n) is 19.7. The summed E-state index contributed by atoms with van der Waals surface area (Å²) in [4.78, 5) is 9.61. The van der Waals surface area contributed by atoms with Gasteiger partial charge in [-0.2, -0.15) is 10.9 Å². The molecule has 0 atom stereocenters. The third kappa shape index (κ3) is 12.9. The minimum atomic E-state index is -4.51. The van der Waals surface area contributed by atoms with E-state index >= 15 is 70.2 Å². The number of halogens is 22. The van der Waals surface area contributed by atoms with Gasteiger partial charge in [0, 0.05) is 34.9 Å². The molecule has 556 valence electrons. The number of aryl methyl sites for hydroxylation is 2. The molecule has 0 aliphatic carbocycles. The monoisotopic (exact) mass is 1570 g/mol. The molecular formula is C79H60B2Cl2F20N2P2. The fourth-order valence-electron chi connectivity index (χ4n) is 15.2. The molecule has 10 aromatic rings. The van der Waals surface area contributed by atoms with Crippen molar-refractivity contribution in [3.05, 3.63) is 319 Å². The van der Waals surface area contributed by atoms with Gasteiger partial charge in [-0.05, 0) is 75.2 Å². The Morgan fingerprint density at radius 3 is 0.654 bits per heavy atom. The summed E-state index contributed by atoms with van der Waals surface area (Å²) in [5, 5.41) is 1.08. The normalized spacial score (nSPS) is 15.6. The second-order valence-electron chi connectivity index (χ2n) is 25.4. The third-order valence-corrected chi connectivity index (χ3v) is 29.0. The molecule has 2 heterocycles. The van der Waals surface area contributed by atoms with Crippen LogP contribution < -0.4 is 43.1 Å². The lowest BCUT2D eigenvalue weighted by Crippen LogP contribution is -2.69. The molecule has 2 aliphatic heterocycles. The summed E-state index contributed by atoms with van der Waals surface area (Å²) >= 11 is 9.53. The van der Waals surface area contributed by atoms with E-state index < -0.39 is 176 Å². The van der Waals surface area contributed by atoms with Gasteiger partial charge in [-0.15, -0.1) is 45.1 Å². The summed E-state index contributed by atoms with van der Waals surface area (Å²) in [6, 6.07) is 45.8. The zero-order chi connectivity index (χ0) is 78.1. The quantitative estimate of drug-likeness (QED) is 0.0175. The Kier molecular flexibility index (Phi) is 24.6. The van der Waals surface area contributed by atoms with Gasteiger partial charge in [0.1, 0.15) is 82.3 Å². The maximum absolute atomic E-state index is 16.6. The number of aliphatic imine (C=N–C) groups is 2. The summed E-state index contributed by atoms with van der Waals surface area (Å²) in [7, 11) is -7.82. The van der Waals surface area contributed by atoms with E-state index in [1.165, 1.54) is 13.8 Å². The maximum Gasteiger partial charge on any atom is 0.200 e. The van der Waals surface area contributed by atoms with Crippen LogP contribution in [0, 0.1) is 130 Å². The zero-order valence-corrected chi connectivity index (χ0v) is 60.7. The highest BCUT2D eigenvalue weighted by Crippen LogP contribution is 2.77. The predicted molar refractivity (Wildman–Crippen MR) is 392 cm³/mol. The first-order valence-corrected chi connectivity index (χ1v) is 37.8. The van der Waals surface area contributed by atoms with E-state index in [9.17, 15) is 17.6 Å². The highest BCUT2D eigenvalue weighted by atomic mass is 35.5. The summed E-state index contributed by atoms with van der Waals surface area (Å²) in [5.41, 5.74) is -5.66. The summed E-state index contributed by atoms with van der Waals surface area (Å²) in [5.74, 6) is -50.0. The molecule has 10 aromatic carbocycles. The van der Waals surface area contributed by atoms with Crippen LogP contribution in [0.15, 0.2) is 191 Å². The van der Waals surface area contributed by atoms with Crippen LogP contribution in [0.5, 0.6) is 0 Å². The minimum absolute atomic E-state index is 0.146. The van der Waals surface area contributed by atoms with E-state index in [0.717, 1.165) is 11.1 Å². The van der Waals surface area contributed by atoms with E-state index in [4.69, 9.17) is 33.2 Å². The molecule has 107 heavy (non-hydrogen) atoms. The molecule has 0 bridgehead atoms. The number of hydrogen-bond donors (Lipinski definition) is 0. The molecule has 0 spiro atoms. The van der Waals surface area contributed by atoms with Crippen molar-refractivity contribution in [3.8, 4) is 0 Å². The standard InChI is InChI=1S/2C39H29BF10NP.CH2Cl2/c2*1-4-5-20-51-39-40(26-28(41)32(45)36(49)33(46)29(26)42,27-30(43)34(47)37(50)35(48)31(27)44)22(3)38(23-18-16-21(2)17-19-23)52(39,24-12-8-6-9-13-24)25-14-10-7-11-15-25;2-1-3/h2*6-19H,4-5,20H2,1-3H3;1H2. The Hall–Kier alpha value is -8.81. The van der Waals surface area contributed by atoms with Crippen LogP contribution in [0.4, 0.5) is 87.8 Å². The highest BCUT2D eigenvalue weighted by Gasteiger charge is 2.68. The van der Waals surface area contributed by atoms with E-state index in [1.807, 2.05) is 0 Å². The van der Waals surface area contributed by atoms with E-state index in [0.29, 0.717) is 45.2 Å². The van der Waals surface area contributed by atoms with Crippen molar-refractivity contribution in [2.75, 3.05) is 18.4 Å². The van der Waals surface area contributed by atoms with Crippen molar-refractivity contribution in [2.24, 2.45) is 9.98 Å². The Bertz CT molecular complexity index is 4540. The second-order valence-corrected chi connectivity index (χ2v) is 32.8. The topological polar surface area (TPSA) is 24.7 Å². The largest absolute Gasteiger partial charge is 0.294 e. The van der Waals surface area contributed by atoms with Crippen LogP contribution in [0.2, 0.25) is 0 Å². The number of nitrogens with zero attached hydrogens (tertiary/aromatic N) is 2. The Balaban J connectivity index is 0.000000221. The van der Waals surface area contributed by atoms with Crippen molar-refractivity contribution in [1.82, 2.24) is 0 Å². The fourth-order valence-corrected chi connectivity index (χ4v) is 26.1. The highest BCUT2D eigenvalue weighted by molar-refractivity contribution is 8.17. The van der Waals surface area contributed by atoms with Gasteiger partial charge < -0.3 is 0 Å². The van der Waals surface area contributed by atoms with Gasteiger partial charge in [0.05, 0.1) is 16.0 Å². The molecule has 0 fully saturated rings. The van der Waals surface area contributed by atoms with Crippen LogP contribution in [0.3, 0.4) is 0 Å². The average Bonchev–Trinajstić information content (AvgIpc) is 1.51. The van der Waals surface area contributed by atoms with Crippen LogP contribution in [-0.2, 0) is 0 Å². The van der Waals surface area contributed by atoms with Crippen molar-refractivity contribution in [2.45, 2.75) is 67.2 Å². The Labute approximate surface area is 614 Å². The number of hydrogen-bond acceptors (Lipinski definition) is 2. The number of rotatable bonds is 16. The minimum Gasteiger partial charge on any atom is -0.294 e. The van der Waals surface area contributed by atoms with Crippen LogP contribution in [0.1, 0.15) is 75.6 Å². The zero-order valence-electron chi connectivity index (χ0n) is 57.4. The summed E-state index contributed by atoms with van der Waals surface area (Å²) in [6.07, 6.45) is -7.54. The molecule has 0 N–H and O–H groups in total. The molecule has 0 amide bonds. The number of unbranched alkanes of at least 4 members (excludes halogenated alkanes) is 2. The first-order valence-electron chi connectivity index (χ1n) is 33.2. The molecule has 2 nitrogen and oxygen atoms in total. The Morgan fingerprint density at radius 2 is 0.467 bits per heavy atom. The van der Waals surface area contributed by atoms with Crippen molar-refractivity contribution in [1.29, 1.82) is 0 Å². The molecule has 0 unspecified atom stereocenters. The van der Waals surface area contributed by atoms with Crippen LogP contribution in [-0.4, -0.2) is 41.4 Å². The van der Waals surface area contributed by atoms with Crippen molar-refractivity contribution in [3.63, 3.8) is 0 Å². The molecule has 0 saturated heterocycles. The van der Waals surface area contributed by atoms with Gasteiger partial charge in [0.25, 0.3) is 0 Å². The van der Waals surface area contributed by atoms with Crippen LogP contribution >= 0.6 is 37.7 Å². The lowest BCUT2D eigenvalue weighted by atomic mass is 9.15. The van der Waals surface area contributed by atoms with Gasteiger partial charge in [0.15, 0.2) is 82.1 Å². The van der Waals surface area contributed by atoms with E-state index in [1.54, 1.807) is 198 Å². The molecule has 28 heteroatoms. The predicted octanol–water partition coefficient (Wildman–Crippen LogP) is 20.1. The molecule has 0 aromatic heterocycles. The van der Waals surface area contributed by atoms with E-state index in [2.05, 4.69) is 0 Å². The van der Waals surface area contributed by atoms with Gasteiger partial charge in [-0.3, -0.25) is 9.98 Å². The van der Waals surface area contributed by atoms with Gasteiger partial charge in [0.2, 0.25) is 0 Å². The maximum atomic E-state index is 16.6. The number of allylic oxidation sites excluding steroid dienone is 2.